The van der Waals surface area contributed by atoms with E-state index in [9.17, 15) is 34.2 Å². The topological polar surface area (TPSA) is 214 Å². The summed E-state index contributed by atoms with van der Waals surface area (Å²) in [5, 5.41) is 26.0. The molecule has 9 N–H and O–H groups in total. The van der Waals surface area contributed by atoms with Crippen molar-refractivity contribution in [3.8, 4) is 0 Å². The summed E-state index contributed by atoms with van der Waals surface area (Å²) < 4.78 is 0. The van der Waals surface area contributed by atoms with Gasteiger partial charge in [-0.05, 0) is 25.7 Å². The molecule has 0 fully saturated rings. The van der Waals surface area contributed by atoms with E-state index >= 15 is 0 Å². The van der Waals surface area contributed by atoms with Crippen molar-refractivity contribution in [3.63, 3.8) is 0 Å². The molecule has 0 bridgehead atoms. The molecule has 0 spiro atoms. The second kappa shape index (κ2) is 12.7. The molecule has 4 unspecified atom stereocenters. The Morgan fingerprint density at radius 2 is 1.52 bits per heavy atom. The zero-order valence-corrected chi connectivity index (χ0v) is 16.8. The van der Waals surface area contributed by atoms with Crippen LogP contribution in [-0.4, -0.2) is 70.6 Å². The predicted molar refractivity (Wildman–Crippen MR) is 102 cm³/mol. The number of carbonyl (C=O) groups is 5. The summed E-state index contributed by atoms with van der Waals surface area (Å²) in [5.74, 6) is -4.38. The Labute approximate surface area is 168 Å². The molecule has 166 valence electrons. The highest BCUT2D eigenvalue weighted by molar-refractivity contribution is 5.94. The molecule has 0 saturated heterocycles. The van der Waals surface area contributed by atoms with E-state index in [1.165, 1.54) is 6.92 Å². The zero-order chi connectivity index (χ0) is 22.7. The van der Waals surface area contributed by atoms with E-state index in [0.29, 0.717) is 0 Å². The lowest BCUT2D eigenvalue weighted by Gasteiger charge is -2.26. The van der Waals surface area contributed by atoms with Crippen LogP contribution in [0, 0.1) is 5.92 Å². The first-order valence-electron chi connectivity index (χ1n) is 9.18. The van der Waals surface area contributed by atoms with Crippen molar-refractivity contribution in [3.05, 3.63) is 0 Å². The highest BCUT2D eigenvalue weighted by Crippen LogP contribution is 2.07. The average molecular weight is 417 g/mol. The number of aliphatic hydroxyl groups excluding tert-OH is 1. The van der Waals surface area contributed by atoms with Gasteiger partial charge in [0.1, 0.15) is 18.1 Å². The third kappa shape index (κ3) is 10.4. The van der Waals surface area contributed by atoms with Crippen molar-refractivity contribution < 1.29 is 34.2 Å². The second-order valence-electron chi connectivity index (χ2n) is 7.09. The van der Waals surface area contributed by atoms with Crippen LogP contribution >= 0.6 is 0 Å². The maximum atomic E-state index is 12.5. The molecule has 12 heteroatoms. The minimum absolute atomic E-state index is 0.0211. The van der Waals surface area contributed by atoms with Gasteiger partial charge in [0.25, 0.3) is 0 Å². The summed E-state index contributed by atoms with van der Waals surface area (Å²) >= 11 is 0. The Bertz CT molecular complexity index is 609. The van der Waals surface area contributed by atoms with E-state index in [4.69, 9.17) is 11.5 Å². The monoisotopic (exact) mass is 417 g/mol. The van der Waals surface area contributed by atoms with Crippen molar-refractivity contribution in [1.29, 1.82) is 0 Å². The number of hydrogen-bond acceptors (Lipinski definition) is 7. The number of primary amides is 1. The summed E-state index contributed by atoms with van der Waals surface area (Å²) in [7, 11) is 0. The van der Waals surface area contributed by atoms with Crippen LogP contribution in [0.3, 0.4) is 0 Å². The molecule has 4 amide bonds. The molecule has 0 aromatic rings. The number of nitrogens with two attached hydrogens (primary N) is 2. The minimum atomic E-state index is -1.48. The van der Waals surface area contributed by atoms with Crippen molar-refractivity contribution in [2.75, 3.05) is 6.54 Å². The van der Waals surface area contributed by atoms with Crippen molar-refractivity contribution >= 4 is 29.6 Å². The Hall–Kier alpha value is -2.73. The van der Waals surface area contributed by atoms with Gasteiger partial charge in [0.15, 0.2) is 0 Å². The maximum absolute atomic E-state index is 12.5. The molecule has 0 rings (SSSR count). The van der Waals surface area contributed by atoms with Gasteiger partial charge in [0, 0.05) is 6.42 Å². The van der Waals surface area contributed by atoms with Gasteiger partial charge in [-0.1, -0.05) is 13.8 Å². The van der Waals surface area contributed by atoms with Gasteiger partial charge in [-0.3, -0.25) is 19.2 Å². The van der Waals surface area contributed by atoms with E-state index < -0.39 is 53.8 Å². The SMILES string of the molecule is CC(C)CC(NC(=O)CN)C(=O)NC(C(=O)NC(CCC(N)=O)C(=O)O)C(C)O. The highest BCUT2D eigenvalue weighted by Gasteiger charge is 2.32. The van der Waals surface area contributed by atoms with E-state index in [2.05, 4.69) is 16.0 Å². The summed E-state index contributed by atoms with van der Waals surface area (Å²) in [6.07, 6.45) is -1.64. The third-order valence-electron chi connectivity index (χ3n) is 3.90. The first kappa shape index (κ1) is 26.3. The first-order valence-corrected chi connectivity index (χ1v) is 9.18. The lowest BCUT2D eigenvalue weighted by molar-refractivity contribution is -0.143. The lowest BCUT2D eigenvalue weighted by atomic mass is 10.0. The number of carboxylic acid groups (broad SMARTS) is 1. The van der Waals surface area contributed by atoms with E-state index in [1.807, 2.05) is 13.8 Å². The van der Waals surface area contributed by atoms with Crippen molar-refractivity contribution in [2.24, 2.45) is 17.4 Å². The molecule has 0 aromatic carbocycles. The van der Waals surface area contributed by atoms with Crippen LogP contribution in [0.1, 0.15) is 40.0 Å². The Balaban J connectivity index is 5.27. The smallest absolute Gasteiger partial charge is 0.326 e. The van der Waals surface area contributed by atoms with E-state index in [1.54, 1.807) is 0 Å². The van der Waals surface area contributed by atoms with Crippen LogP contribution in [0.2, 0.25) is 0 Å². The highest BCUT2D eigenvalue weighted by atomic mass is 16.4. The van der Waals surface area contributed by atoms with Crippen LogP contribution in [0.25, 0.3) is 0 Å². The largest absolute Gasteiger partial charge is 0.480 e. The molecule has 12 nitrogen and oxygen atoms in total. The summed E-state index contributed by atoms with van der Waals surface area (Å²) in [4.78, 5) is 58.7. The number of amides is 4. The van der Waals surface area contributed by atoms with Crippen molar-refractivity contribution in [2.45, 2.75) is 64.3 Å². The van der Waals surface area contributed by atoms with Gasteiger partial charge in [-0.15, -0.1) is 0 Å². The number of carbonyl (C=O) groups excluding carboxylic acids is 4. The molecule has 0 aliphatic heterocycles. The molecule has 0 radical (unpaired) electrons. The summed E-state index contributed by atoms with van der Waals surface area (Å²) in [6.45, 7) is 4.55. The number of nitrogens with one attached hydrogen (secondary N) is 3. The minimum Gasteiger partial charge on any atom is -0.480 e. The fraction of sp³-hybridized carbons (Fsp3) is 0.706. The normalized spacial score (nSPS) is 15.0. The van der Waals surface area contributed by atoms with Crippen LogP contribution < -0.4 is 27.4 Å². The predicted octanol–water partition coefficient (Wildman–Crippen LogP) is -2.82. The fourth-order valence-electron chi connectivity index (χ4n) is 2.42. The number of aliphatic hydroxyl groups is 1. The van der Waals surface area contributed by atoms with Gasteiger partial charge in [0.2, 0.25) is 23.6 Å². The fourth-order valence-corrected chi connectivity index (χ4v) is 2.42. The van der Waals surface area contributed by atoms with E-state index in [-0.39, 0.29) is 31.7 Å². The van der Waals surface area contributed by atoms with Gasteiger partial charge in [-0.2, -0.15) is 0 Å². The van der Waals surface area contributed by atoms with Gasteiger partial charge in [0.05, 0.1) is 12.6 Å². The summed E-state index contributed by atoms with van der Waals surface area (Å²) in [5.41, 5.74) is 10.2. The molecule has 0 aliphatic rings. The molecule has 0 aromatic heterocycles. The molecule has 0 heterocycles. The average Bonchev–Trinajstić information content (AvgIpc) is 2.60. The quantitative estimate of drug-likeness (QED) is 0.165. The third-order valence-corrected chi connectivity index (χ3v) is 3.90. The van der Waals surface area contributed by atoms with Crippen molar-refractivity contribution in [1.82, 2.24) is 16.0 Å². The van der Waals surface area contributed by atoms with Crippen LogP contribution in [-0.2, 0) is 24.0 Å². The Morgan fingerprint density at radius 3 is 1.93 bits per heavy atom. The van der Waals surface area contributed by atoms with Gasteiger partial charge in [-0.25, -0.2) is 4.79 Å². The number of aliphatic carboxylic acids is 1. The lowest BCUT2D eigenvalue weighted by Crippen LogP contribution is -2.59. The van der Waals surface area contributed by atoms with Crippen LogP contribution in [0.15, 0.2) is 0 Å². The Morgan fingerprint density at radius 1 is 0.931 bits per heavy atom. The standard InChI is InChI=1S/C17H31N5O7/c1-8(2)6-11(20-13(25)7-18)15(26)22-14(9(3)23)16(27)21-10(17(28)29)4-5-12(19)24/h8-11,14,23H,4-7,18H2,1-3H3,(H2,19,24)(H,20,25)(H,21,27)(H,22,26)(H,28,29). The maximum Gasteiger partial charge on any atom is 0.326 e. The number of carboxylic acids is 1. The second-order valence-corrected chi connectivity index (χ2v) is 7.09. The van der Waals surface area contributed by atoms with Gasteiger partial charge >= 0.3 is 5.97 Å². The molecule has 0 aliphatic carbocycles. The number of hydrogen-bond donors (Lipinski definition) is 7. The van der Waals surface area contributed by atoms with E-state index in [0.717, 1.165) is 0 Å². The van der Waals surface area contributed by atoms with Gasteiger partial charge < -0.3 is 37.6 Å². The molecule has 0 saturated carbocycles. The number of rotatable bonds is 13. The molecule has 4 atom stereocenters. The van der Waals surface area contributed by atoms with Crippen LogP contribution in [0.5, 0.6) is 0 Å². The zero-order valence-electron chi connectivity index (χ0n) is 16.8. The first-order chi connectivity index (χ1) is 13.4. The summed E-state index contributed by atoms with van der Waals surface area (Å²) in [6, 6.07) is -3.91. The van der Waals surface area contributed by atoms with Crippen LogP contribution in [0.4, 0.5) is 0 Å². The molecular weight excluding hydrogens is 386 g/mol. The molecular formula is C17H31N5O7. The Kier molecular flexibility index (Phi) is 11.5. The molecule has 29 heavy (non-hydrogen) atoms.